The molecule has 2 unspecified atom stereocenters. The summed E-state index contributed by atoms with van der Waals surface area (Å²) in [4.78, 5) is 2.77. The van der Waals surface area contributed by atoms with Gasteiger partial charge in [0.2, 0.25) is 0 Å². The van der Waals surface area contributed by atoms with Crippen LogP contribution in [0.2, 0.25) is 0 Å². The molecular weight excluding hydrogens is 1320 g/mol. The second-order valence-electron chi connectivity index (χ2n) is 35.2. The molecule has 5 aliphatic heterocycles. The third kappa shape index (κ3) is 8.40. The molecule has 17 aromatic rings. The van der Waals surface area contributed by atoms with Crippen molar-refractivity contribution < 1.29 is 0 Å². The zero-order valence-electron chi connectivity index (χ0n) is 63.0. The van der Waals surface area contributed by atoms with Gasteiger partial charge in [-0.3, -0.25) is 0 Å². The van der Waals surface area contributed by atoms with Gasteiger partial charge in [-0.2, -0.15) is 0 Å². The Kier molecular flexibility index (Phi) is 13.1. The molecule has 10 heterocycles. The van der Waals surface area contributed by atoms with Gasteiger partial charge in [0.25, 0.3) is 13.4 Å². The fourth-order valence-electron chi connectivity index (χ4n) is 22.5. The molecule has 2 fully saturated rings. The van der Waals surface area contributed by atoms with Gasteiger partial charge in [-0.15, -0.1) is 11.3 Å². The van der Waals surface area contributed by atoms with Crippen molar-refractivity contribution in [3.8, 4) is 33.9 Å². The van der Waals surface area contributed by atoms with E-state index in [1.165, 1.54) is 250 Å². The average Bonchev–Trinajstić information content (AvgIpc) is 1.48. The lowest BCUT2D eigenvalue weighted by Crippen LogP contribution is -2.59. The summed E-state index contributed by atoms with van der Waals surface area (Å²) >= 11 is 1.84. The van der Waals surface area contributed by atoms with Crippen molar-refractivity contribution in [3.63, 3.8) is 0 Å². The van der Waals surface area contributed by atoms with E-state index in [4.69, 9.17) is 0 Å². The van der Waals surface area contributed by atoms with Gasteiger partial charge in [0, 0.05) is 87.0 Å². The number of fused-ring (bicyclic) bond motifs is 29. The van der Waals surface area contributed by atoms with Crippen LogP contribution < -0.4 is 37.7 Å². The molecule has 2 saturated carbocycles. The number of anilines is 2. The Balaban J connectivity index is 0.000000130. The number of thiophene rings is 1. The number of hydrogen-bond acceptors (Lipinski definition) is 2. The topological polar surface area (TPSA) is 23.0 Å². The Morgan fingerprint density at radius 2 is 1.02 bits per heavy atom. The fourth-order valence-corrected chi connectivity index (χ4v) is 23.3. The van der Waals surface area contributed by atoms with Crippen molar-refractivity contribution in [2.24, 2.45) is 5.41 Å². The highest BCUT2D eigenvalue weighted by Gasteiger charge is 2.58. The Bertz CT molecular complexity index is 6880. The van der Waals surface area contributed by atoms with Gasteiger partial charge in [-0.25, -0.2) is 0 Å². The molecule has 2 atom stereocenters. The van der Waals surface area contributed by atoms with Crippen LogP contribution in [0, 0.1) is 5.41 Å². The quantitative estimate of drug-likeness (QED) is 0.124. The number of aromatic nitrogens is 4. The van der Waals surface area contributed by atoms with Gasteiger partial charge in [0.15, 0.2) is 0 Å². The normalized spacial score (nSPS) is 18.3. The van der Waals surface area contributed by atoms with Crippen LogP contribution in [0.4, 0.5) is 11.4 Å². The van der Waals surface area contributed by atoms with Gasteiger partial charge < -0.3 is 23.2 Å². The van der Waals surface area contributed by atoms with E-state index in [-0.39, 0.29) is 35.2 Å². The zero-order chi connectivity index (χ0) is 72.2. The molecule has 0 bridgehead atoms. The highest BCUT2D eigenvalue weighted by atomic mass is 32.1. The van der Waals surface area contributed by atoms with Crippen molar-refractivity contribution in [1.82, 2.24) is 18.3 Å². The van der Waals surface area contributed by atoms with E-state index in [0.29, 0.717) is 5.92 Å². The summed E-state index contributed by atoms with van der Waals surface area (Å²) in [6.07, 6.45) is 20.5. The van der Waals surface area contributed by atoms with Crippen molar-refractivity contribution in [2.45, 2.75) is 135 Å². The molecular formula is C100H85B2N5S. The minimum atomic E-state index is -0.0896. The first-order valence-electron chi connectivity index (χ1n) is 40.0. The van der Waals surface area contributed by atoms with Crippen molar-refractivity contribution >= 4 is 172 Å². The molecule has 0 saturated heterocycles. The molecule has 108 heavy (non-hydrogen) atoms. The van der Waals surface area contributed by atoms with E-state index in [1.807, 2.05) is 11.3 Å². The van der Waals surface area contributed by atoms with Gasteiger partial charge >= 0.3 is 0 Å². The van der Waals surface area contributed by atoms with E-state index in [9.17, 15) is 0 Å². The maximum Gasteiger partial charge on any atom is 0.252 e. The first-order chi connectivity index (χ1) is 52.6. The Morgan fingerprint density at radius 1 is 0.435 bits per heavy atom. The van der Waals surface area contributed by atoms with E-state index in [1.54, 1.807) is 5.56 Å². The first kappa shape index (κ1) is 63.3. The lowest BCUT2D eigenvalue weighted by atomic mass is 9.34. The molecule has 7 aliphatic rings. The summed E-state index contributed by atoms with van der Waals surface area (Å²) < 4.78 is 12.0. The summed E-state index contributed by atoms with van der Waals surface area (Å²) in [6, 6.07) is 86.8. The predicted molar refractivity (Wildman–Crippen MR) is 465 cm³/mol. The van der Waals surface area contributed by atoms with Gasteiger partial charge in [0.05, 0.1) is 55.4 Å². The maximum atomic E-state index is 2.77. The lowest BCUT2D eigenvalue weighted by molar-refractivity contribution is 0.195. The van der Waals surface area contributed by atoms with Crippen LogP contribution in [0.3, 0.4) is 0 Å². The van der Waals surface area contributed by atoms with Gasteiger partial charge in [0.1, 0.15) is 0 Å². The van der Waals surface area contributed by atoms with Crippen molar-refractivity contribution in [2.75, 3.05) is 4.90 Å². The molecule has 0 N–H and O–H groups in total. The van der Waals surface area contributed by atoms with E-state index in [2.05, 4.69) is 333 Å². The molecule has 0 spiro atoms. The Morgan fingerprint density at radius 3 is 1.77 bits per heavy atom. The summed E-state index contributed by atoms with van der Waals surface area (Å²) in [5, 5.41) is 14.8. The van der Waals surface area contributed by atoms with Crippen LogP contribution in [0.15, 0.2) is 248 Å². The summed E-state index contributed by atoms with van der Waals surface area (Å²) in [5.74, 6) is 0.555. The second kappa shape index (κ2) is 22.4. The van der Waals surface area contributed by atoms with E-state index < -0.39 is 0 Å². The first-order valence-corrected chi connectivity index (χ1v) is 40.8. The predicted octanol–water partition coefficient (Wildman–Crippen LogP) is 22.6. The number of hydrogen-bond donors (Lipinski definition) is 0. The summed E-state index contributed by atoms with van der Waals surface area (Å²) in [6.45, 7) is 19.2. The van der Waals surface area contributed by atoms with Crippen LogP contribution in [0.5, 0.6) is 0 Å². The van der Waals surface area contributed by atoms with Crippen LogP contribution in [-0.2, 0) is 10.8 Å². The molecule has 24 rings (SSSR count). The van der Waals surface area contributed by atoms with E-state index >= 15 is 0 Å². The molecule has 0 radical (unpaired) electrons. The third-order valence-corrected chi connectivity index (χ3v) is 28.1. The standard InChI is InChI=1S/C50H44BN3.C50H41BN2S/c1-49-28-14-15-29-50(49,2)54(40-24-12-8-20-35(40)49)32-26-27-37-42(30-32)53-39-23-11-7-19-34(39)45-43(31-16-4-3-5-17-31)44-33-18-6-10-22-38(33)52-41-25-13-9-21-36(41)51(37)46(47(44)52)48(45)53;1-49(2,3)24-13-12-14-30-19-20-39-42(26-30)52-41-18-11-10-17-33(41)36-29-37-35-27-32(31-15-8-7-9-16-31)28-38(50(4,5)6)45(35)53-46-34-23-25-54-43(34)22-21-40(46)51(39)44(47(36)52)48(37)53/h6-13,18-27,30-31H,3-5,14-17,28-29H2,1-2H3;7-29H,1-6H3/b;14-12+,24-13+. The minimum absolute atomic E-state index is 0.0164. The molecule has 5 aromatic heterocycles. The second-order valence-corrected chi connectivity index (χ2v) is 36.1. The van der Waals surface area contributed by atoms with Crippen LogP contribution >= 0.6 is 11.3 Å². The smallest absolute Gasteiger partial charge is 0.252 e. The maximum absolute atomic E-state index is 2.77. The summed E-state index contributed by atoms with van der Waals surface area (Å²) in [5.41, 5.74) is 35.9. The molecule has 0 amide bonds. The molecule has 2 aliphatic carbocycles. The largest absolute Gasteiger partial charge is 0.334 e. The fraction of sp³-hybridized carbons (Fsp3) is 0.220. The molecule has 5 nitrogen and oxygen atoms in total. The zero-order valence-corrected chi connectivity index (χ0v) is 63.8. The van der Waals surface area contributed by atoms with Crippen molar-refractivity contribution in [3.05, 3.63) is 270 Å². The monoisotopic (exact) mass is 1410 g/mol. The van der Waals surface area contributed by atoms with Crippen LogP contribution in [-0.4, -0.2) is 37.2 Å². The van der Waals surface area contributed by atoms with Gasteiger partial charge in [-0.1, -0.05) is 250 Å². The number of nitrogens with zero attached hydrogens (tertiary/aromatic N) is 5. The molecule has 522 valence electrons. The Hall–Kier alpha value is -10.8. The average molecular weight is 1410 g/mol. The number of para-hydroxylation sites is 5. The number of allylic oxidation sites excluding steroid dienone is 3. The number of benzene rings is 12. The van der Waals surface area contributed by atoms with Crippen LogP contribution in [0.25, 0.3) is 137 Å². The Labute approximate surface area is 636 Å². The highest BCUT2D eigenvalue weighted by Crippen LogP contribution is 2.61. The lowest BCUT2D eigenvalue weighted by Gasteiger charge is -2.50. The summed E-state index contributed by atoms with van der Waals surface area (Å²) in [7, 11) is 0. The molecule has 12 aromatic carbocycles. The highest BCUT2D eigenvalue weighted by molar-refractivity contribution is 7.17. The number of rotatable bonds is 5. The minimum Gasteiger partial charge on any atom is -0.334 e. The van der Waals surface area contributed by atoms with Gasteiger partial charge in [-0.05, 0) is 200 Å². The third-order valence-electron chi connectivity index (χ3n) is 27.2. The molecule has 8 heteroatoms. The SMILES string of the molecule is CC(C)(C)/C=C/C=C/c1ccc2c(c1)-n1c3ccccc3c3cc4c5cc(-c6ccccc6)cc(C(C)(C)C)c5n5c4c(c31)B2c1ccc2sccc2c1-5.CC12CCCCC1(C)N(c1ccc3c(c1)-n1c4ccccc4c4c(C5CCCCC5)c5c6ccccc6n6c5c(c41)B3c1ccccc1-6)c1ccccc12. The van der Waals surface area contributed by atoms with Crippen molar-refractivity contribution in [1.29, 1.82) is 0 Å². The van der Waals surface area contributed by atoms with Crippen LogP contribution in [0.1, 0.15) is 141 Å². The van der Waals surface area contributed by atoms with E-state index in [0.717, 1.165) is 0 Å².